The van der Waals surface area contributed by atoms with E-state index in [-0.39, 0.29) is 43.2 Å². The summed E-state index contributed by atoms with van der Waals surface area (Å²) in [6.45, 7) is 4.55. The molecule has 1 unspecified atom stereocenters. The van der Waals surface area contributed by atoms with Crippen LogP contribution in [0.3, 0.4) is 0 Å². The number of fused-ring (bicyclic) bond motifs is 3. The van der Waals surface area contributed by atoms with E-state index in [0.717, 1.165) is 24.0 Å². The fourth-order valence-electron chi connectivity index (χ4n) is 4.67. The van der Waals surface area contributed by atoms with Crippen molar-refractivity contribution in [1.29, 1.82) is 0 Å². The van der Waals surface area contributed by atoms with E-state index in [2.05, 4.69) is 34.9 Å². The Morgan fingerprint density at radius 1 is 0.971 bits per heavy atom. The summed E-state index contributed by atoms with van der Waals surface area (Å²) in [6.07, 6.45) is 2.78. The molecule has 3 N–H and O–H groups in total. The second kappa shape index (κ2) is 12.9. The lowest BCUT2D eigenvalue weighted by molar-refractivity contribution is -0.137. The van der Waals surface area contributed by atoms with Crippen LogP contribution in [0.15, 0.2) is 48.5 Å². The molecule has 3 rings (SSSR count). The van der Waals surface area contributed by atoms with Crippen LogP contribution in [0.2, 0.25) is 0 Å². The Labute approximate surface area is 207 Å². The third kappa shape index (κ3) is 7.31. The highest BCUT2D eigenvalue weighted by atomic mass is 16.5. The number of hydrogen-bond acceptors (Lipinski definition) is 4. The molecule has 0 bridgehead atoms. The van der Waals surface area contributed by atoms with Gasteiger partial charge in [-0.3, -0.25) is 9.59 Å². The molecule has 188 valence electrons. The van der Waals surface area contributed by atoms with E-state index in [1.54, 1.807) is 0 Å². The van der Waals surface area contributed by atoms with Crippen LogP contribution in [0.5, 0.6) is 0 Å². The third-order valence-electron chi connectivity index (χ3n) is 6.62. The van der Waals surface area contributed by atoms with Crippen LogP contribution >= 0.6 is 0 Å². The van der Waals surface area contributed by atoms with Gasteiger partial charge >= 0.3 is 12.1 Å². The molecule has 2 amide bonds. The largest absolute Gasteiger partial charge is 0.481 e. The number of alkyl carbamates (subject to hydrolysis) is 1. The molecule has 35 heavy (non-hydrogen) atoms. The first-order valence-corrected chi connectivity index (χ1v) is 12.5. The van der Waals surface area contributed by atoms with Crippen molar-refractivity contribution in [3.63, 3.8) is 0 Å². The van der Waals surface area contributed by atoms with Crippen molar-refractivity contribution in [3.05, 3.63) is 59.7 Å². The first-order chi connectivity index (χ1) is 16.9. The number of amides is 2. The summed E-state index contributed by atoms with van der Waals surface area (Å²) >= 11 is 0. The highest BCUT2D eigenvalue weighted by molar-refractivity contribution is 5.79. The highest BCUT2D eigenvalue weighted by Gasteiger charge is 2.29. The molecule has 2 aromatic rings. The number of aliphatic carboxylic acids is 1. The Kier molecular flexibility index (Phi) is 9.70. The summed E-state index contributed by atoms with van der Waals surface area (Å²) in [5, 5.41) is 14.7. The van der Waals surface area contributed by atoms with Crippen molar-refractivity contribution in [2.45, 2.75) is 64.3 Å². The molecule has 1 aliphatic rings. The van der Waals surface area contributed by atoms with Crippen molar-refractivity contribution in [2.75, 3.05) is 13.2 Å². The Bertz CT molecular complexity index is 976. The van der Waals surface area contributed by atoms with Gasteiger partial charge in [0, 0.05) is 24.9 Å². The van der Waals surface area contributed by atoms with Crippen LogP contribution in [-0.4, -0.2) is 42.3 Å². The van der Waals surface area contributed by atoms with Crippen LogP contribution < -0.4 is 10.6 Å². The van der Waals surface area contributed by atoms with E-state index in [4.69, 9.17) is 9.84 Å². The Morgan fingerprint density at radius 3 is 2.17 bits per heavy atom. The molecule has 1 aliphatic carbocycles. The molecule has 2 aromatic carbocycles. The topological polar surface area (TPSA) is 105 Å². The lowest BCUT2D eigenvalue weighted by atomic mass is 9.98. The van der Waals surface area contributed by atoms with Crippen molar-refractivity contribution in [3.8, 4) is 11.1 Å². The summed E-state index contributed by atoms with van der Waals surface area (Å²) in [6, 6.07) is 16.0. The number of carbonyl (C=O) groups excluding carboxylic acids is 2. The molecule has 0 saturated heterocycles. The standard InChI is InChI=1S/C28H36N2O5/c1-3-5-10-20(16-27(32)33)30-26(31)15-19(4-2)17-29-28(34)35-18-25-23-13-8-6-11-21(23)22-12-7-9-14-24(22)25/h6-9,11-14,19-20,25H,3-5,10,15-18H2,1-2H3,(H,29,34)(H,30,31)(H,32,33)/t19?,20-/m1/s1. The molecule has 7 heteroatoms. The minimum absolute atomic E-state index is 0.00445. The number of carboxylic acids is 1. The van der Waals surface area contributed by atoms with E-state index in [9.17, 15) is 14.4 Å². The smallest absolute Gasteiger partial charge is 0.407 e. The van der Waals surface area contributed by atoms with E-state index in [0.29, 0.717) is 19.4 Å². The van der Waals surface area contributed by atoms with Crippen molar-refractivity contribution in [1.82, 2.24) is 10.6 Å². The first-order valence-electron chi connectivity index (χ1n) is 12.5. The lowest BCUT2D eigenvalue weighted by Crippen LogP contribution is -2.39. The van der Waals surface area contributed by atoms with Crippen molar-refractivity contribution < 1.29 is 24.2 Å². The van der Waals surface area contributed by atoms with Crippen LogP contribution in [-0.2, 0) is 14.3 Å². The Balaban J connectivity index is 1.48. The molecule has 2 atom stereocenters. The minimum atomic E-state index is -0.921. The zero-order valence-corrected chi connectivity index (χ0v) is 20.6. The van der Waals surface area contributed by atoms with Gasteiger partial charge in [0.15, 0.2) is 0 Å². The molecular weight excluding hydrogens is 444 g/mol. The fraction of sp³-hybridized carbons (Fsp3) is 0.464. The summed E-state index contributed by atoms with van der Waals surface area (Å²) in [5.74, 6) is -1.17. The maximum absolute atomic E-state index is 12.5. The van der Waals surface area contributed by atoms with Gasteiger partial charge in [-0.1, -0.05) is 81.6 Å². The van der Waals surface area contributed by atoms with Gasteiger partial charge in [-0.25, -0.2) is 4.79 Å². The predicted molar refractivity (Wildman–Crippen MR) is 135 cm³/mol. The van der Waals surface area contributed by atoms with Gasteiger partial charge in [0.2, 0.25) is 5.91 Å². The lowest BCUT2D eigenvalue weighted by Gasteiger charge is -2.20. The number of rotatable bonds is 13. The van der Waals surface area contributed by atoms with Crippen molar-refractivity contribution >= 4 is 18.0 Å². The number of benzene rings is 2. The number of nitrogens with one attached hydrogen (secondary N) is 2. The molecule has 0 aromatic heterocycles. The summed E-state index contributed by atoms with van der Waals surface area (Å²) in [5.41, 5.74) is 4.66. The number of carbonyl (C=O) groups is 3. The van der Waals surface area contributed by atoms with E-state index in [1.807, 2.05) is 38.1 Å². The van der Waals surface area contributed by atoms with Crippen LogP contribution in [0.4, 0.5) is 4.79 Å². The first kappa shape index (κ1) is 26.3. The molecular formula is C28H36N2O5. The monoisotopic (exact) mass is 480 g/mol. The average Bonchev–Trinajstić information content (AvgIpc) is 3.17. The number of carboxylic acid groups (broad SMARTS) is 1. The van der Waals surface area contributed by atoms with Crippen molar-refractivity contribution in [2.24, 2.45) is 5.92 Å². The summed E-state index contributed by atoms with van der Waals surface area (Å²) < 4.78 is 5.58. The second-order valence-corrected chi connectivity index (χ2v) is 9.19. The zero-order valence-electron chi connectivity index (χ0n) is 20.6. The van der Waals surface area contributed by atoms with E-state index in [1.165, 1.54) is 11.1 Å². The van der Waals surface area contributed by atoms with Gasteiger partial charge in [0.1, 0.15) is 6.61 Å². The fourth-order valence-corrected chi connectivity index (χ4v) is 4.67. The van der Waals surface area contributed by atoms with Crippen LogP contribution in [0.1, 0.15) is 69.4 Å². The molecule has 0 saturated carbocycles. The van der Waals surface area contributed by atoms with Crippen LogP contribution in [0.25, 0.3) is 11.1 Å². The van der Waals surface area contributed by atoms with E-state index >= 15 is 0 Å². The molecule has 0 aliphatic heterocycles. The number of unbranched alkanes of at least 4 members (excludes halogenated alkanes) is 1. The Morgan fingerprint density at radius 2 is 1.60 bits per heavy atom. The van der Waals surface area contributed by atoms with Crippen LogP contribution in [0, 0.1) is 5.92 Å². The molecule has 0 heterocycles. The van der Waals surface area contributed by atoms with Gasteiger partial charge in [-0.05, 0) is 34.6 Å². The van der Waals surface area contributed by atoms with Gasteiger partial charge in [0.05, 0.1) is 6.42 Å². The van der Waals surface area contributed by atoms with Gasteiger partial charge in [-0.2, -0.15) is 0 Å². The quantitative estimate of drug-likeness (QED) is 0.370. The minimum Gasteiger partial charge on any atom is -0.481 e. The number of ether oxygens (including phenoxy) is 1. The normalized spacial score (nSPS) is 13.9. The molecule has 0 radical (unpaired) electrons. The maximum atomic E-state index is 12.5. The van der Waals surface area contributed by atoms with Gasteiger partial charge in [-0.15, -0.1) is 0 Å². The summed E-state index contributed by atoms with van der Waals surface area (Å²) in [7, 11) is 0. The number of hydrogen-bond donors (Lipinski definition) is 3. The molecule has 0 spiro atoms. The SMILES string of the molecule is CCCC[C@H](CC(=O)O)NC(=O)CC(CC)CNC(=O)OCC1c2ccccc2-c2ccccc21. The average molecular weight is 481 g/mol. The van der Waals surface area contributed by atoms with Gasteiger partial charge in [0.25, 0.3) is 0 Å². The zero-order chi connectivity index (χ0) is 25.2. The van der Waals surface area contributed by atoms with Gasteiger partial charge < -0.3 is 20.5 Å². The van der Waals surface area contributed by atoms with E-state index < -0.39 is 12.1 Å². The Hall–Kier alpha value is -3.35. The maximum Gasteiger partial charge on any atom is 0.407 e. The second-order valence-electron chi connectivity index (χ2n) is 9.19. The summed E-state index contributed by atoms with van der Waals surface area (Å²) in [4.78, 5) is 36.0. The third-order valence-corrected chi connectivity index (χ3v) is 6.62. The highest BCUT2D eigenvalue weighted by Crippen LogP contribution is 2.44. The molecule has 0 fully saturated rings. The molecule has 7 nitrogen and oxygen atoms in total. The predicted octanol–water partition coefficient (Wildman–Crippen LogP) is 5.09.